The third kappa shape index (κ3) is 3.83. The third-order valence-electron chi connectivity index (χ3n) is 4.75. The van der Waals surface area contributed by atoms with Gasteiger partial charge in [0.25, 0.3) is 5.91 Å². The van der Waals surface area contributed by atoms with Crippen LogP contribution in [0, 0.1) is 0 Å². The summed E-state index contributed by atoms with van der Waals surface area (Å²) in [6.45, 7) is 5.56. The lowest BCUT2D eigenvalue weighted by Gasteiger charge is -2.28. The van der Waals surface area contributed by atoms with Crippen LogP contribution in [0.15, 0.2) is 59.9 Å². The molecule has 0 spiro atoms. The Balaban J connectivity index is 2.12. The number of anilines is 1. The number of hydrogen-bond acceptors (Lipinski definition) is 5. The number of amides is 1. The molecule has 1 atom stereocenters. The van der Waals surface area contributed by atoms with Crippen LogP contribution in [0.3, 0.4) is 0 Å². The summed E-state index contributed by atoms with van der Waals surface area (Å²) in [6.07, 6.45) is 0.197. The molecule has 0 fully saturated rings. The predicted octanol–water partition coefficient (Wildman–Crippen LogP) is 4.36. The van der Waals surface area contributed by atoms with Crippen molar-refractivity contribution >= 4 is 17.4 Å². The van der Waals surface area contributed by atoms with E-state index in [2.05, 4.69) is 0 Å². The van der Waals surface area contributed by atoms with E-state index in [4.69, 9.17) is 9.47 Å². The van der Waals surface area contributed by atoms with Gasteiger partial charge in [-0.15, -0.1) is 0 Å². The van der Waals surface area contributed by atoms with E-state index in [-0.39, 0.29) is 23.9 Å². The highest BCUT2D eigenvalue weighted by Crippen LogP contribution is 2.44. The van der Waals surface area contributed by atoms with Gasteiger partial charge in [0, 0.05) is 17.7 Å². The molecule has 0 bridgehead atoms. The van der Waals surface area contributed by atoms with Crippen molar-refractivity contribution in [2.75, 3.05) is 12.0 Å². The molecule has 0 saturated carbocycles. The van der Waals surface area contributed by atoms with Gasteiger partial charge < -0.3 is 14.6 Å². The van der Waals surface area contributed by atoms with Gasteiger partial charge in [0.1, 0.15) is 11.5 Å². The maximum atomic E-state index is 13.0. The number of ketones is 1. The van der Waals surface area contributed by atoms with Crippen LogP contribution in [0.1, 0.15) is 38.8 Å². The standard InChI is InChI=1S/C23H25NO5/c1-5-18(25)20-21(17-8-6-7-9-19(17)28-4)24(23(27)22(20)26)15-10-12-16(13-11-15)29-14(2)3/h6-14,21,26H,5H2,1-4H3. The number of benzene rings is 2. The molecule has 1 aliphatic heterocycles. The molecule has 2 aromatic rings. The van der Waals surface area contributed by atoms with Gasteiger partial charge in [-0.3, -0.25) is 14.5 Å². The molecule has 3 rings (SSSR count). The first kappa shape index (κ1) is 20.5. The quantitative estimate of drug-likeness (QED) is 0.754. The largest absolute Gasteiger partial charge is 0.503 e. The molecule has 0 aliphatic carbocycles. The normalized spacial score (nSPS) is 16.5. The molecule has 0 saturated heterocycles. The van der Waals surface area contributed by atoms with E-state index in [0.717, 1.165) is 0 Å². The summed E-state index contributed by atoms with van der Waals surface area (Å²) < 4.78 is 11.1. The summed E-state index contributed by atoms with van der Waals surface area (Å²) in [4.78, 5) is 27.1. The van der Waals surface area contributed by atoms with Crippen molar-refractivity contribution in [3.63, 3.8) is 0 Å². The van der Waals surface area contributed by atoms with E-state index < -0.39 is 17.7 Å². The minimum Gasteiger partial charge on any atom is -0.503 e. The van der Waals surface area contributed by atoms with E-state index in [1.165, 1.54) is 12.0 Å². The van der Waals surface area contributed by atoms with Gasteiger partial charge in [0.15, 0.2) is 11.5 Å². The van der Waals surface area contributed by atoms with Crippen LogP contribution in [0.25, 0.3) is 0 Å². The molecule has 152 valence electrons. The second-order valence-electron chi connectivity index (χ2n) is 7.02. The van der Waals surface area contributed by atoms with Gasteiger partial charge in [-0.05, 0) is 44.2 Å². The van der Waals surface area contributed by atoms with Gasteiger partial charge in [-0.25, -0.2) is 0 Å². The smallest absolute Gasteiger partial charge is 0.294 e. The second-order valence-corrected chi connectivity index (χ2v) is 7.02. The van der Waals surface area contributed by atoms with Crippen LogP contribution < -0.4 is 14.4 Å². The Bertz CT molecular complexity index is 946. The number of nitrogens with zero attached hydrogens (tertiary/aromatic N) is 1. The zero-order chi connectivity index (χ0) is 21.1. The number of carbonyl (C=O) groups excluding carboxylic acids is 2. The number of ether oxygens (including phenoxy) is 2. The number of rotatable bonds is 7. The number of aliphatic hydroxyl groups excluding tert-OH is 1. The van der Waals surface area contributed by atoms with Gasteiger partial charge in [-0.1, -0.05) is 25.1 Å². The Morgan fingerprint density at radius 3 is 2.38 bits per heavy atom. The van der Waals surface area contributed by atoms with Crippen molar-refractivity contribution in [2.45, 2.75) is 39.3 Å². The van der Waals surface area contributed by atoms with Gasteiger partial charge >= 0.3 is 0 Å². The van der Waals surface area contributed by atoms with Crippen LogP contribution in [0.4, 0.5) is 5.69 Å². The Morgan fingerprint density at radius 2 is 1.79 bits per heavy atom. The summed E-state index contributed by atoms with van der Waals surface area (Å²) in [5, 5.41) is 10.6. The fourth-order valence-electron chi connectivity index (χ4n) is 3.49. The fourth-order valence-corrected chi connectivity index (χ4v) is 3.49. The number of aliphatic hydroxyl groups is 1. The molecule has 1 heterocycles. The molecule has 2 aromatic carbocycles. The molecule has 1 amide bonds. The molecular weight excluding hydrogens is 370 g/mol. The average Bonchev–Trinajstić information content (AvgIpc) is 2.98. The molecule has 6 nitrogen and oxygen atoms in total. The SMILES string of the molecule is CCC(=O)C1=C(O)C(=O)N(c2ccc(OC(C)C)cc2)C1c1ccccc1OC. The summed E-state index contributed by atoms with van der Waals surface area (Å²) in [6, 6.07) is 13.4. The van der Waals surface area contributed by atoms with Crippen LogP contribution >= 0.6 is 0 Å². The topological polar surface area (TPSA) is 76.1 Å². The summed E-state index contributed by atoms with van der Waals surface area (Å²) >= 11 is 0. The Labute approximate surface area is 170 Å². The Hall–Kier alpha value is -3.28. The van der Waals surface area contributed by atoms with Crippen molar-refractivity contribution in [2.24, 2.45) is 0 Å². The number of para-hydroxylation sites is 1. The number of carbonyl (C=O) groups is 2. The van der Waals surface area contributed by atoms with Crippen molar-refractivity contribution in [1.82, 2.24) is 0 Å². The molecule has 1 unspecified atom stereocenters. The van der Waals surface area contributed by atoms with E-state index in [1.54, 1.807) is 43.3 Å². The maximum absolute atomic E-state index is 13.0. The highest BCUT2D eigenvalue weighted by Gasteiger charge is 2.44. The monoisotopic (exact) mass is 395 g/mol. The average molecular weight is 395 g/mol. The molecule has 1 N–H and O–H groups in total. The molecule has 1 aliphatic rings. The highest BCUT2D eigenvalue weighted by molar-refractivity contribution is 6.16. The van der Waals surface area contributed by atoms with Crippen LogP contribution in [0.2, 0.25) is 0 Å². The number of hydrogen-bond donors (Lipinski definition) is 1. The van der Waals surface area contributed by atoms with Gasteiger partial charge in [-0.2, -0.15) is 0 Å². The van der Waals surface area contributed by atoms with Crippen molar-refractivity contribution in [3.05, 3.63) is 65.4 Å². The van der Waals surface area contributed by atoms with E-state index in [9.17, 15) is 14.7 Å². The third-order valence-corrected chi connectivity index (χ3v) is 4.75. The first-order valence-corrected chi connectivity index (χ1v) is 9.58. The van der Waals surface area contributed by atoms with E-state index >= 15 is 0 Å². The van der Waals surface area contributed by atoms with Gasteiger partial charge in [0.05, 0.1) is 24.8 Å². The highest BCUT2D eigenvalue weighted by atomic mass is 16.5. The molecule has 0 aromatic heterocycles. The maximum Gasteiger partial charge on any atom is 0.294 e. The lowest BCUT2D eigenvalue weighted by atomic mass is 9.94. The Kier molecular flexibility index (Phi) is 5.92. The van der Waals surface area contributed by atoms with Crippen LogP contribution in [-0.4, -0.2) is 30.0 Å². The van der Waals surface area contributed by atoms with Crippen molar-refractivity contribution in [1.29, 1.82) is 0 Å². The summed E-state index contributed by atoms with van der Waals surface area (Å²) in [5.74, 6) is -0.211. The first-order valence-electron chi connectivity index (χ1n) is 9.58. The molecule has 6 heteroatoms. The minimum absolute atomic E-state index is 0.0232. The number of methoxy groups -OCH3 is 1. The summed E-state index contributed by atoms with van der Waals surface area (Å²) in [5.41, 5.74) is 1.27. The molecular formula is C23H25NO5. The first-order chi connectivity index (χ1) is 13.9. The second kappa shape index (κ2) is 8.39. The zero-order valence-corrected chi connectivity index (χ0v) is 17.0. The Morgan fingerprint density at radius 1 is 1.14 bits per heavy atom. The fraction of sp³-hybridized carbons (Fsp3) is 0.304. The predicted molar refractivity (Wildman–Crippen MR) is 110 cm³/mol. The minimum atomic E-state index is -0.775. The van der Waals surface area contributed by atoms with Crippen LogP contribution in [0.5, 0.6) is 11.5 Å². The summed E-state index contributed by atoms with van der Waals surface area (Å²) in [7, 11) is 1.53. The lowest BCUT2D eigenvalue weighted by molar-refractivity contribution is -0.118. The molecule has 0 radical (unpaired) electrons. The number of Topliss-reactive ketones (excluding diaryl/α,β-unsaturated/α-hetero) is 1. The van der Waals surface area contributed by atoms with Gasteiger partial charge in [0.2, 0.25) is 0 Å². The lowest BCUT2D eigenvalue weighted by Crippen LogP contribution is -2.31. The van der Waals surface area contributed by atoms with E-state index in [0.29, 0.717) is 22.7 Å². The van der Waals surface area contributed by atoms with Crippen molar-refractivity contribution in [3.8, 4) is 11.5 Å². The van der Waals surface area contributed by atoms with Crippen molar-refractivity contribution < 1.29 is 24.2 Å². The van der Waals surface area contributed by atoms with E-state index in [1.807, 2.05) is 26.0 Å². The molecule has 29 heavy (non-hydrogen) atoms. The van der Waals surface area contributed by atoms with Crippen LogP contribution in [-0.2, 0) is 9.59 Å². The zero-order valence-electron chi connectivity index (χ0n) is 17.0.